The minimum Gasteiger partial charge on any atom is -0.295 e. The molecule has 5 rings (SSSR count). The molecule has 0 aromatic rings. The second-order valence-corrected chi connectivity index (χ2v) is 17.0. The lowest BCUT2D eigenvalue weighted by Crippen LogP contribution is -2.69. The van der Waals surface area contributed by atoms with Gasteiger partial charge in [0.15, 0.2) is 11.6 Å². The summed E-state index contributed by atoms with van der Waals surface area (Å²) in [5, 5.41) is 9.87. The van der Waals surface area contributed by atoms with Gasteiger partial charge < -0.3 is 0 Å². The van der Waals surface area contributed by atoms with Gasteiger partial charge in [-0.25, -0.2) is 13.1 Å². The molecular weight excluding hydrogens is 496 g/mol. The summed E-state index contributed by atoms with van der Waals surface area (Å²) in [5.74, 6) is -0.365. The molecule has 3 fully saturated rings. The number of hydrogen-bond acceptors (Lipinski definition) is 5. The first-order chi connectivity index (χ1) is 17.3. The van der Waals surface area contributed by atoms with E-state index in [1.54, 1.807) is 0 Å². The molecule has 0 bridgehead atoms. The number of sulfonamides is 1. The van der Waals surface area contributed by atoms with Crippen LogP contribution in [0.5, 0.6) is 0 Å². The molecule has 1 N–H and O–H groups in total. The molecule has 0 aromatic heterocycles. The minimum absolute atomic E-state index is 0.00933. The highest BCUT2D eigenvalue weighted by atomic mass is 32.2. The third-order valence-electron chi connectivity index (χ3n) is 12.2. The zero-order valence-electron chi connectivity index (χ0n) is 24.3. The molecule has 208 valence electrons. The van der Waals surface area contributed by atoms with Crippen LogP contribution in [0.3, 0.4) is 0 Å². The van der Waals surface area contributed by atoms with Crippen molar-refractivity contribution < 1.29 is 18.0 Å². The molecule has 5 aliphatic rings. The molecule has 0 heterocycles. The van der Waals surface area contributed by atoms with Crippen LogP contribution in [0.2, 0.25) is 0 Å². The second-order valence-electron chi connectivity index (χ2n) is 15.3. The predicted molar refractivity (Wildman–Crippen MR) is 147 cm³/mol. The van der Waals surface area contributed by atoms with Crippen molar-refractivity contribution in [3.05, 3.63) is 23.3 Å². The third-order valence-corrected chi connectivity index (χ3v) is 13.0. The summed E-state index contributed by atoms with van der Waals surface area (Å²) in [6, 6.07) is 2.16. The van der Waals surface area contributed by atoms with Crippen LogP contribution in [0.15, 0.2) is 23.3 Å². The Bertz CT molecular complexity index is 1330. The number of carbonyl (C=O) groups is 2. The van der Waals surface area contributed by atoms with E-state index in [-0.39, 0.29) is 51.1 Å². The number of Topliss-reactive ketones (excluding diaryl/α,β-unsaturated/α-hetero) is 1. The monoisotopic (exact) mass is 540 g/mol. The molecule has 7 atom stereocenters. The zero-order chi connectivity index (χ0) is 28.3. The van der Waals surface area contributed by atoms with E-state index in [0.29, 0.717) is 6.42 Å². The quantitative estimate of drug-likeness (QED) is 0.497. The van der Waals surface area contributed by atoms with Crippen molar-refractivity contribution in [1.82, 2.24) is 4.72 Å². The molecule has 6 nitrogen and oxygen atoms in total. The molecule has 0 saturated heterocycles. The number of nitrogens with one attached hydrogen (secondary N) is 1. The maximum Gasteiger partial charge on any atom is 0.209 e. The SMILES string of the molecule is CC1(C)CC[C@]2(NS(C)(=O)=O)CC[C@]3(C)C(C(=O)C=C4[C@@]5(C)C=C(C#N)C(=O)C(C)(C)[C@@H]5CC[C@]43C)C2C1. The van der Waals surface area contributed by atoms with E-state index in [0.717, 1.165) is 44.1 Å². The minimum atomic E-state index is -3.45. The Morgan fingerprint density at radius 1 is 0.974 bits per heavy atom. The van der Waals surface area contributed by atoms with Crippen molar-refractivity contribution in [2.45, 2.75) is 99.0 Å². The van der Waals surface area contributed by atoms with Crippen LogP contribution < -0.4 is 4.72 Å². The van der Waals surface area contributed by atoms with E-state index in [1.807, 2.05) is 26.0 Å². The fourth-order valence-corrected chi connectivity index (χ4v) is 11.3. The Labute approximate surface area is 228 Å². The molecule has 0 amide bonds. The number of allylic oxidation sites excluding steroid dienone is 4. The van der Waals surface area contributed by atoms with Crippen LogP contribution in [-0.2, 0) is 19.6 Å². The highest BCUT2D eigenvalue weighted by Gasteiger charge is 2.70. The summed E-state index contributed by atoms with van der Waals surface area (Å²) in [5.41, 5.74) is -1.21. The van der Waals surface area contributed by atoms with Crippen LogP contribution >= 0.6 is 0 Å². The van der Waals surface area contributed by atoms with Gasteiger partial charge in [-0.05, 0) is 79.1 Å². The van der Waals surface area contributed by atoms with E-state index >= 15 is 0 Å². The van der Waals surface area contributed by atoms with Gasteiger partial charge >= 0.3 is 0 Å². The van der Waals surface area contributed by atoms with Gasteiger partial charge in [-0.15, -0.1) is 0 Å². The van der Waals surface area contributed by atoms with E-state index in [4.69, 9.17) is 0 Å². The Kier molecular flexibility index (Phi) is 5.78. The van der Waals surface area contributed by atoms with Crippen LogP contribution in [-0.4, -0.2) is 31.8 Å². The fourth-order valence-electron chi connectivity index (χ4n) is 10.2. The van der Waals surface area contributed by atoms with Crippen molar-refractivity contribution in [3.63, 3.8) is 0 Å². The molecule has 3 saturated carbocycles. The highest BCUT2D eigenvalue weighted by Crippen LogP contribution is 2.73. The second kappa shape index (κ2) is 7.91. The molecule has 38 heavy (non-hydrogen) atoms. The number of fused-ring (bicyclic) bond motifs is 7. The van der Waals surface area contributed by atoms with Crippen molar-refractivity contribution >= 4 is 21.6 Å². The fraction of sp³-hybridized carbons (Fsp3) is 0.774. The smallest absolute Gasteiger partial charge is 0.209 e. The standard InChI is InChI=1S/C31H44N2O4S/c1-26(2)11-13-31(33-38(8,36)37)14-12-30(7)24(20(31)17-26)21(34)15-23-28(5)16-19(18-32)25(35)27(3,4)22(28)9-10-29(23,30)6/h15-16,20,22,24,33H,9-14,17H2,1-8H3/t20?,22-,24?,28-,29+,30+,31-/m0/s1. The Morgan fingerprint density at radius 3 is 2.21 bits per heavy atom. The van der Waals surface area contributed by atoms with Crippen molar-refractivity contribution in [1.29, 1.82) is 5.26 Å². The first-order valence-corrected chi connectivity index (χ1v) is 16.1. The molecular formula is C31H44N2O4S. The summed E-state index contributed by atoms with van der Waals surface area (Å²) >= 11 is 0. The zero-order valence-corrected chi connectivity index (χ0v) is 25.1. The van der Waals surface area contributed by atoms with Crippen molar-refractivity contribution in [3.8, 4) is 6.07 Å². The molecule has 0 aromatic carbocycles. The maximum atomic E-state index is 14.4. The molecule has 7 heteroatoms. The number of rotatable bonds is 2. The van der Waals surface area contributed by atoms with E-state index in [9.17, 15) is 23.3 Å². The number of hydrogen-bond donors (Lipinski definition) is 1. The van der Waals surface area contributed by atoms with Crippen LogP contribution in [0.1, 0.15) is 93.4 Å². The average Bonchev–Trinajstić information content (AvgIpc) is 2.78. The van der Waals surface area contributed by atoms with Gasteiger partial charge in [0.25, 0.3) is 0 Å². The number of ketones is 2. The number of nitriles is 1. The Balaban J connectivity index is 1.70. The van der Waals surface area contributed by atoms with E-state index in [1.165, 1.54) is 6.26 Å². The maximum absolute atomic E-state index is 14.4. The summed E-state index contributed by atoms with van der Waals surface area (Å²) in [4.78, 5) is 27.6. The highest BCUT2D eigenvalue weighted by molar-refractivity contribution is 7.88. The number of carbonyl (C=O) groups excluding carboxylic acids is 2. The third kappa shape index (κ3) is 3.54. The molecule has 0 spiro atoms. The number of nitrogens with zero attached hydrogens (tertiary/aromatic N) is 1. The first-order valence-electron chi connectivity index (χ1n) is 14.2. The lowest BCUT2D eigenvalue weighted by molar-refractivity contribution is -0.159. The lowest BCUT2D eigenvalue weighted by Gasteiger charge is -2.69. The summed E-state index contributed by atoms with van der Waals surface area (Å²) in [6.07, 6.45) is 10.6. The van der Waals surface area contributed by atoms with Gasteiger partial charge in [-0.1, -0.05) is 60.1 Å². The van der Waals surface area contributed by atoms with Gasteiger partial charge in [0, 0.05) is 22.3 Å². The van der Waals surface area contributed by atoms with Crippen molar-refractivity contribution in [2.75, 3.05) is 6.26 Å². The van der Waals surface area contributed by atoms with Crippen LogP contribution in [0.4, 0.5) is 0 Å². The topological polar surface area (TPSA) is 104 Å². The van der Waals surface area contributed by atoms with E-state index < -0.39 is 26.4 Å². The summed E-state index contributed by atoms with van der Waals surface area (Å²) < 4.78 is 28.3. The van der Waals surface area contributed by atoms with Gasteiger partial charge in [0.2, 0.25) is 10.0 Å². The normalized spacial score (nSPS) is 45.4. The first kappa shape index (κ1) is 27.8. The predicted octanol–water partition coefficient (Wildman–Crippen LogP) is 5.51. The van der Waals surface area contributed by atoms with Crippen molar-refractivity contribution in [2.24, 2.45) is 44.8 Å². The van der Waals surface area contributed by atoms with Crippen LogP contribution in [0, 0.1) is 56.2 Å². The van der Waals surface area contributed by atoms with Gasteiger partial charge in [0.1, 0.15) is 6.07 Å². The molecule has 5 aliphatic carbocycles. The van der Waals surface area contributed by atoms with E-state index in [2.05, 4.69) is 45.4 Å². The van der Waals surface area contributed by atoms with Gasteiger partial charge in [-0.2, -0.15) is 5.26 Å². The molecule has 0 radical (unpaired) electrons. The molecule has 2 unspecified atom stereocenters. The Hall–Kier alpha value is -1.78. The van der Waals surface area contributed by atoms with Crippen LogP contribution in [0.25, 0.3) is 0 Å². The summed E-state index contributed by atoms with van der Waals surface area (Å²) in [6.45, 7) is 15.1. The molecule has 0 aliphatic heterocycles. The van der Waals surface area contributed by atoms with Gasteiger partial charge in [-0.3, -0.25) is 9.59 Å². The largest absolute Gasteiger partial charge is 0.295 e. The Morgan fingerprint density at radius 2 is 1.61 bits per heavy atom. The average molecular weight is 541 g/mol. The summed E-state index contributed by atoms with van der Waals surface area (Å²) in [7, 11) is -3.45. The van der Waals surface area contributed by atoms with Gasteiger partial charge in [0.05, 0.1) is 11.8 Å². The lowest BCUT2D eigenvalue weighted by atomic mass is 9.35.